The van der Waals surface area contributed by atoms with Gasteiger partial charge < -0.3 is 10.1 Å². The van der Waals surface area contributed by atoms with E-state index in [4.69, 9.17) is 9.73 Å². The molecule has 0 fully saturated rings. The number of ether oxygens (including phenoxy) is 1. The third kappa shape index (κ3) is 3.98. The van der Waals surface area contributed by atoms with Gasteiger partial charge >= 0.3 is 0 Å². The first-order chi connectivity index (χ1) is 8.60. The van der Waals surface area contributed by atoms with Crippen LogP contribution in [0.2, 0.25) is 0 Å². The van der Waals surface area contributed by atoms with E-state index >= 15 is 0 Å². The van der Waals surface area contributed by atoms with Crippen molar-refractivity contribution >= 4 is 5.71 Å². The second kappa shape index (κ2) is 7.37. The average Bonchev–Trinajstić information content (AvgIpc) is 2.32. The van der Waals surface area contributed by atoms with Gasteiger partial charge in [-0.1, -0.05) is 26.0 Å². The van der Waals surface area contributed by atoms with Crippen LogP contribution in [0.3, 0.4) is 0 Å². The molecule has 1 unspecified atom stereocenters. The summed E-state index contributed by atoms with van der Waals surface area (Å²) in [5.74, 6) is 1.45. The largest absolute Gasteiger partial charge is 0.375 e. The highest BCUT2D eigenvalue weighted by Gasteiger charge is 2.17. The van der Waals surface area contributed by atoms with Gasteiger partial charge in [-0.2, -0.15) is 0 Å². The molecule has 1 N–H and O–H groups in total. The normalized spacial score (nSPS) is 19.6. The standard InChI is InChI=1S/C15H26N2O/c1-6-8-13-9-7-10-16-15(13)17-12(4)14(18-5)11(2)3/h6,8,11,14,16H,7,9-10H2,1-5H3/b8-6-,17-12+. The number of rotatable bonds is 5. The molecule has 0 amide bonds. The quantitative estimate of drug-likeness (QED) is 0.760. The molecule has 1 heterocycles. The van der Waals surface area contributed by atoms with Crippen LogP contribution in [0.25, 0.3) is 0 Å². The van der Waals surface area contributed by atoms with Crippen LogP contribution in [-0.4, -0.2) is 25.5 Å². The Morgan fingerprint density at radius 2 is 2.17 bits per heavy atom. The molecule has 0 saturated carbocycles. The van der Waals surface area contributed by atoms with Gasteiger partial charge in [0.25, 0.3) is 0 Å². The molecule has 0 aromatic rings. The summed E-state index contributed by atoms with van der Waals surface area (Å²) >= 11 is 0. The second-order valence-corrected chi connectivity index (χ2v) is 5.06. The maximum atomic E-state index is 5.51. The van der Waals surface area contributed by atoms with Crippen LogP contribution in [-0.2, 0) is 4.74 Å². The number of hydrogen-bond acceptors (Lipinski definition) is 3. The van der Waals surface area contributed by atoms with Gasteiger partial charge in [0, 0.05) is 19.4 Å². The van der Waals surface area contributed by atoms with Crippen LogP contribution in [0, 0.1) is 5.92 Å². The zero-order chi connectivity index (χ0) is 13.5. The van der Waals surface area contributed by atoms with Gasteiger partial charge in [-0.15, -0.1) is 0 Å². The number of methoxy groups -OCH3 is 1. The molecule has 1 atom stereocenters. The van der Waals surface area contributed by atoms with Crippen LogP contribution >= 0.6 is 0 Å². The summed E-state index contributed by atoms with van der Waals surface area (Å²) in [7, 11) is 1.75. The lowest BCUT2D eigenvalue weighted by atomic mass is 10.0. The number of allylic oxidation sites excluding steroid dienone is 3. The summed E-state index contributed by atoms with van der Waals surface area (Å²) in [6, 6.07) is 0. The van der Waals surface area contributed by atoms with E-state index in [0.717, 1.165) is 24.5 Å². The van der Waals surface area contributed by atoms with Crippen molar-refractivity contribution in [2.24, 2.45) is 10.9 Å². The van der Waals surface area contributed by atoms with Crippen LogP contribution in [0.15, 0.2) is 28.5 Å². The molecule has 1 aliphatic heterocycles. The summed E-state index contributed by atoms with van der Waals surface area (Å²) < 4.78 is 5.51. The predicted octanol–water partition coefficient (Wildman–Crippen LogP) is 3.29. The molecule has 0 aliphatic carbocycles. The molecule has 3 nitrogen and oxygen atoms in total. The number of nitrogens with one attached hydrogen (secondary N) is 1. The van der Waals surface area contributed by atoms with E-state index < -0.39 is 0 Å². The maximum absolute atomic E-state index is 5.51. The topological polar surface area (TPSA) is 33.6 Å². The zero-order valence-corrected chi connectivity index (χ0v) is 12.3. The summed E-state index contributed by atoms with van der Waals surface area (Å²) in [6.45, 7) is 9.41. The van der Waals surface area contributed by atoms with Gasteiger partial charge in [0.1, 0.15) is 5.82 Å². The first-order valence-corrected chi connectivity index (χ1v) is 6.77. The van der Waals surface area contributed by atoms with Crippen molar-refractivity contribution in [2.45, 2.75) is 46.6 Å². The van der Waals surface area contributed by atoms with Crippen molar-refractivity contribution < 1.29 is 4.74 Å². The SMILES string of the molecule is C/C=C\C1=C(/N=C(\C)C(OC)C(C)C)NCCC1. The molecular formula is C15H26N2O. The molecule has 0 aromatic heterocycles. The fourth-order valence-corrected chi connectivity index (χ4v) is 2.36. The van der Waals surface area contributed by atoms with Gasteiger partial charge in [0.2, 0.25) is 0 Å². The Kier molecular flexibility index (Phi) is 6.13. The molecule has 0 radical (unpaired) electrons. The highest BCUT2D eigenvalue weighted by molar-refractivity contribution is 5.87. The highest BCUT2D eigenvalue weighted by atomic mass is 16.5. The van der Waals surface area contributed by atoms with E-state index in [-0.39, 0.29) is 6.10 Å². The zero-order valence-electron chi connectivity index (χ0n) is 12.3. The third-order valence-electron chi connectivity index (χ3n) is 3.15. The molecule has 18 heavy (non-hydrogen) atoms. The Morgan fingerprint density at radius 3 is 2.72 bits per heavy atom. The molecular weight excluding hydrogens is 224 g/mol. The van der Waals surface area contributed by atoms with Crippen molar-refractivity contribution in [3.63, 3.8) is 0 Å². The summed E-state index contributed by atoms with van der Waals surface area (Å²) in [6.07, 6.45) is 6.59. The Morgan fingerprint density at radius 1 is 1.44 bits per heavy atom. The minimum absolute atomic E-state index is 0.0908. The van der Waals surface area contributed by atoms with E-state index in [1.807, 2.05) is 13.8 Å². The molecule has 0 spiro atoms. The summed E-state index contributed by atoms with van der Waals surface area (Å²) in [4.78, 5) is 4.74. The molecule has 102 valence electrons. The van der Waals surface area contributed by atoms with E-state index in [9.17, 15) is 0 Å². The lowest BCUT2D eigenvalue weighted by molar-refractivity contribution is 0.118. The van der Waals surface area contributed by atoms with Crippen molar-refractivity contribution in [3.05, 3.63) is 23.5 Å². The molecule has 1 rings (SSSR count). The first kappa shape index (κ1) is 15.0. The number of hydrogen-bond donors (Lipinski definition) is 1. The smallest absolute Gasteiger partial charge is 0.129 e. The molecule has 3 heteroatoms. The Bertz CT molecular complexity index is 354. The van der Waals surface area contributed by atoms with E-state index in [1.165, 1.54) is 12.0 Å². The van der Waals surface area contributed by atoms with Crippen molar-refractivity contribution in [1.82, 2.24) is 5.32 Å². The lowest BCUT2D eigenvalue weighted by Crippen LogP contribution is -2.28. The van der Waals surface area contributed by atoms with E-state index in [2.05, 4.69) is 31.3 Å². The van der Waals surface area contributed by atoms with Gasteiger partial charge in [-0.05, 0) is 38.2 Å². The highest BCUT2D eigenvalue weighted by Crippen LogP contribution is 2.18. The van der Waals surface area contributed by atoms with Gasteiger partial charge in [0.15, 0.2) is 0 Å². The van der Waals surface area contributed by atoms with Gasteiger partial charge in [-0.25, -0.2) is 4.99 Å². The minimum atomic E-state index is 0.0908. The van der Waals surface area contributed by atoms with Gasteiger partial charge in [-0.3, -0.25) is 0 Å². The van der Waals surface area contributed by atoms with Crippen molar-refractivity contribution in [3.8, 4) is 0 Å². The van der Waals surface area contributed by atoms with Crippen molar-refractivity contribution in [2.75, 3.05) is 13.7 Å². The van der Waals surface area contributed by atoms with Crippen LogP contribution in [0.1, 0.15) is 40.5 Å². The molecule has 0 bridgehead atoms. The number of nitrogens with zero attached hydrogens (tertiary/aromatic N) is 1. The summed E-state index contributed by atoms with van der Waals surface area (Å²) in [5, 5.41) is 3.39. The Balaban J connectivity index is 2.96. The molecule has 1 aliphatic rings. The predicted molar refractivity (Wildman–Crippen MR) is 77.8 cm³/mol. The Labute approximate surface area is 111 Å². The Hall–Kier alpha value is -1.09. The first-order valence-electron chi connectivity index (χ1n) is 6.77. The van der Waals surface area contributed by atoms with Crippen LogP contribution < -0.4 is 5.32 Å². The van der Waals surface area contributed by atoms with Gasteiger partial charge in [0.05, 0.1) is 6.10 Å². The summed E-state index contributed by atoms with van der Waals surface area (Å²) in [5.41, 5.74) is 2.33. The van der Waals surface area contributed by atoms with E-state index in [1.54, 1.807) is 7.11 Å². The third-order valence-corrected chi connectivity index (χ3v) is 3.15. The van der Waals surface area contributed by atoms with Crippen molar-refractivity contribution in [1.29, 1.82) is 0 Å². The second-order valence-electron chi connectivity index (χ2n) is 5.06. The van der Waals surface area contributed by atoms with Crippen LogP contribution in [0.4, 0.5) is 0 Å². The molecule has 0 saturated heterocycles. The van der Waals surface area contributed by atoms with E-state index in [0.29, 0.717) is 5.92 Å². The van der Waals surface area contributed by atoms with Crippen LogP contribution in [0.5, 0.6) is 0 Å². The monoisotopic (exact) mass is 250 g/mol. The minimum Gasteiger partial charge on any atom is -0.375 e. The maximum Gasteiger partial charge on any atom is 0.129 e. The average molecular weight is 250 g/mol. The fourth-order valence-electron chi connectivity index (χ4n) is 2.36. The fraction of sp³-hybridized carbons (Fsp3) is 0.667. The lowest BCUT2D eigenvalue weighted by Gasteiger charge is -2.22. The number of aliphatic imine (C=N–C) groups is 1. The molecule has 0 aromatic carbocycles.